The van der Waals surface area contributed by atoms with E-state index in [0.29, 0.717) is 11.0 Å². The van der Waals surface area contributed by atoms with Gasteiger partial charge < -0.3 is 5.11 Å². The third kappa shape index (κ3) is 1.81. The average molecular weight is 150 g/mol. The zero-order chi connectivity index (χ0) is 8.43. The lowest BCUT2D eigenvalue weighted by molar-refractivity contribution is 0.200. The van der Waals surface area contributed by atoms with Crippen LogP contribution in [0.5, 0.6) is 0 Å². The first-order chi connectivity index (χ1) is 5.11. The maximum Gasteiger partial charge on any atom is 0.122 e. The second-order valence-corrected chi connectivity index (χ2v) is 2.45. The van der Waals surface area contributed by atoms with Gasteiger partial charge in [-0.25, -0.2) is 4.39 Å². The Labute approximate surface area is 66.3 Å². The number of halogens is 1. The molecule has 0 aromatic heterocycles. The molecule has 0 heterocycles. The lowest BCUT2D eigenvalue weighted by Gasteiger charge is -2.07. The van der Waals surface area contributed by atoms with Gasteiger partial charge in [-0.2, -0.15) is 0 Å². The molecular weight excluding hydrogens is 142 g/mol. The molecule has 56 valence electrons. The molecule has 1 nitrogen and oxygen atoms in total. The number of hydrogen-bond donors (Lipinski definition) is 1. The normalized spacial score (nSPS) is 13.0. The van der Waals surface area contributed by atoms with Gasteiger partial charge in [0.2, 0.25) is 0 Å². The fraction of sp³-hybridized carbons (Fsp3) is 0.250. The quantitative estimate of drug-likeness (QED) is 0.583. The molecule has 1 aromatic carbocycles. The van der Waals surface area contributed by atoms with Crippen LogP contribution in [0.25, 0.3) is 0 Å². The number of rotatable bonds is 1. The van der Waals surface area contributed by atoms with Gasteiger partial charge in [0.25, 0.3) is 0 Å². The summed E-state index contributed by atoms with van der Waals surface area (Å²) in [5.41, 5.74) is 0.853. The van der Waals surface area contributed by atoms with Crippen molar-refractivity contribution in [1.29, 1.82) is 0 Å². The largest absolute Gasteiger partial charge is 0.389 e. The summed E-state index contributed by atoms with van der Waals surface area (Å²) in [5.74, 6) is -0.382. The van der Waals surface area contributed by atoms with Crippen LogP contribution < -0.4 is 5.46 Å². The standard InChI is InChI=1S/C8H8BFO/c1-5(11)7-3-2-6(10)4-8(7)9/h2-5,11H,1H3/t5-/m1/s1. The number of aliphatic hydroxyl groups excluding tert-OH is 1. The molecule has 0 spiro atoms. The molecule has 0 fully saturated rings. The molecule has 2 radical (unpaired) electrons. The highest BCUT2D eigenvalue weighted by molar-refractivity contribution is 6.33. The fourth-order valence-electron chi connectivity index (χ4n) is 0.926. The molecule has 0 saturated carbocycles. The minimum atomic E-state index is -0.643. The van der Waals surface area contributed by atoms with Crippen molar-refractivity contribution < 1.29 is 9.50 Å². The molecule has 1 N–H and O–H groups in total. The van der Waals surface area contributed by atoms with Crippen LogP contribution in [0, 0.1) is 5.82 Å². The first-order valence-corrected chi connectivity index (χ1v) is 3.34. The van der Waals surface area contributed by atoms with Gasteiger partial charge in [-0.05, 0) is 24.6 Å². The van der Waals surface area contributed by atoms with Crippen molar-refractivity contribution in [2.45, 2.75) is 13.0 Å². The van der Waals surface area contributed by atoms with Gasteiger partial charge in [0.05, 0.1) is 6.10 Å². The van der Waals surface area contributed by atoms with Crippen molar-refractivity contribution in [2.75, 3.05) is 0 Å². The minimum absolute atomic E-state index is 0.292. The van der Waals surface area contributed by atoms with Gasteiger partial charge >= 0.3 is 0 Å². The van der Waals surface area contributed by atoms with E-state index in [-0.39, 0.29) is 5.82 Å². The van der Waals surface area contributed by atoms with Crippen molar-refractivity contribution >= 4 is 13.3 Å². The second kappa shape index (κ2) is 3.05. The van der Waals surface area contributed by atoms with Gasteiger partial charge in [-0.1, -0.05) is 11.5 Å². The highest BCUT2D eigenvalue weighted by Gasteiger charge is 2.03. The summed E-state index contributed by atoms with van der Waals surface area (Å²) >= 11 is 0. The van der Waals surface area contributed by atoms with Crippen molar-refractivity contribution in [1.82, 2.24) is 0 Å². The molecule has 0 unspecified atom stereocenters. The van der Waals surface area contributed by atoms with E-state index < -0.39 is 6.10 Å². The minimum Gasteiger partial charge on any atom is -0.389 e. The molecule has 0 aliphatic rings. The molecule has 0 aliphatic carbocycles. The SMILES string of the molecule is [B]c1cc(F)ccc1[C@@H](C)O. The van der Waals surface area contributed by atoms with Crippen molar-refractivity contribution in [3.05, 3.63) is 29.6 Å². The Bertz CT molecular complexity index is 260. The Morgan fingerprint density at radius 1 is 1.55 bits per heavy atom. The predicted octanol–water partition coefficient (Wildman–Crippen LogP) is 0.673. The van der Waals surface area contributed by atoms with E-state index in [2.05, 4.69) is 0 Å². The van der Waals surface area contributed by atoms with E-state index in [1.165, 1.54) is 18.2 Å². The number of hydrogen-bond acceptors (Lipinski definition) is 1. The smallest absolute Gasteiger partial charge is 0.122 e. The van der Waals surface area contributed by atoms with Gasteiger partial charge in [0.15, 0.2) is 0 Å². The monoisotopic (exact) mass is 150 g/mol. The van der Waals surface area contributed by atoms with Gasteiger partial charge in [0, 0.05) is 0 Å². The topological polar surface area (TPSA) is 20.2 Å². The molecule has 1 aromatic rings. The van der Waals surface area contributed by atoms with E-state index >= 15 is 0 Å². The highest BCUT2D eigenvalue weighted by Crippen LogP contribution is 2.08. The zero-order valence-electron chi connectivity index (χ0n) is 6.21. The predicted molar refractivity (Wildman–Crippen MR) is 42.4 cm³/mol. The van der Waals surface area contributed by atoms with Crippen LogP contribution in [0.2, 0.25) is 0 Å². The Morgan fingerprint density at radius 2 is 2.18 bits per heavy atom. The van der Waals surface area contributed by atoms with Crippen LogP contribution in [0.1, 0.15) is 18.6 Å². The summed E-state index contributed by atoms with van der Waals surface area (Å²) in [6.07, 6.45) is -0.643. The van der Waals surface area contributed by atoms with Crippen molar-refractivity contribution in [3.8, 4) is 0 Å². The second-order valence-electron chi connectivity index (χ2n) is 2.45. The van der Waals surface area contributed by atoms with E-state index in [1.54, 1.807) is 6.92 Å². The lowest BCUT2D eigenvalue weighted by Crippen LogP contribution is -2.13. The Morgan fingerprint density at radius 3 is 2.64 bits per heavy atom. The summed E-state index contributed by atoms with van der Waals surface area (Å²) < 4.78 is 12.4. The Hall–Kier alpha value is -0.825. The van der Waals surface area contributed by atoms with Crippen molar-refractivity contribution in [3.63, 3.8) is 0 Å². The summed E-state index contributed by atoms with van der Waals surface area (Å²) in [4.78, 5) is 0. The third-order valence-electron chi connectivity index (χ3n) is 1.50. The number of aliphatic hydroxyl groups is 1. The average Bonchev–Trinajstić information content (AvgIpc) is 1.85. The summed E-state index contributed by atoms with van der Waals surface area (Å²) in [5, 5.41) is 9.09. The van der Waals surface area contributed by atoms with E-state index in [1.807, 2.05) is 0 Å². The Balaban J connectivity index is 3.09. The van der Waals surface area contributed by atoms with Crippen LogP contribution in [0.4, 0.5) is 4.39 Å². The molecule has 0 amide bonds. The molecule has 1 atom stereocenters. The number of benzene rings is 1. The summed E-state index contributed by atoms with van der Waals surface area (Å²) in [6.45, 7) is 1.59. The molecule has 0 aliphatic heterocycles. The Kier molecular flexibility index (Phi) is 2.30. The van der Waals surface area contributed by atoms with Gasteiger partial charge in [-0.15, -0.1) is 0 Å². The molecule has 0 saturated heterocycles. The van der Waals surface area contributed by atoms with E-state index in [9.17, 15) is 4.39 Å². The van der Waals surface area contributed by atoms with Crippen molar-refractivity contribution in [2.24, 2.45) is 0 Å². The van der Waals surface area contributed by atoms with E-state index in [0.717, 1.165) is 0 Å². The van der Waals surface area contributed by atoms with Gasteiger partial charge in [0.1, 0.15) is 13.7 Å². The maximum absolute atomic E-state index is 12.4. The van der Waals surface area contributed by atoms with E-state index in [4.69, 9.17) is 13.0 Å². The van der Waals surface area contributed by atoms with Crippen LogP contribution in [0.3, 0.4) is 0 Å². The first-order valence-electron chi connectivity index (χ1n) is 3.34. The third-order valence-corrected chi connectivity index (χ3v) is 1.50. The van der Waals surface area contributed by atoms with Crippen LogP contribution in [0.15, 0.2) is 18.2 Å². The summed E-state index contributed by atoms with van der Waals surface area (Å²) in [7, 11) is 5.42. The molecule has 0 bridgehead atoms. The zero-order valence-corrected chi connectivity index (χ0v) is 6.21. The molecule has 3 heteroatoms. The van der Waals surface area contributed by atoms with Gasteiger partial charge in [-0.3, -0.25) is 0 Å². The molecule has 11 heavy (non-hydrogen) atoms. The van der Waals surface area contributed by atoms with Crippen LogP contribution >= 0.6 is 0 Å². The van der Waals surface area contributed by atoms with Crippen LogP contribution in [-0.4, -0.2) is 13.0 Å². The first kappa shape index (κ1) is 8.27. The maximum atomic E-state index is 12.4. The molecule has 1 rings (SSSR count). The van der Waals surface area contributed by atoms with Crippen LogP contribution in [-0.2, 0) is 0 Å². The highest BCUT2D eigenvalue weighted by atomic mass is 19.1. The lowest BCUT2D eigenvalue weighted by atomic mass is 9.88. The summed E-state index contributed by atoms with van der Waals surface area (Å²) in [6, 6.07) is 3.95. The fourth-order valence-corrected chi connectivity index (χ4v) is 0.926. The molecular formula is C8H8BFO.